The number of nitrogen functional groups attached to an aromatic ring is 1. The van der Waals surface area contributed by atoms with Crippen molar-refractivity contribution in [2.24, 2.45) is 7.05 Å². The Kier molecular flexibility index (Phi) is 8.55. The molecule has 0 atom stereocenters. The number of rotatable bonds is 7. The first-order chi connectivity index (χ1) is 21.9. The molecule has 0 bridgehead atoms. The molecular formula is C32H30ClF3N8O2. The summed E-state index contributed by atoms with van der Waals surface area (Å²) in [6, 6.07) is 15.3. The highest BCUT2D eigenvalue weighted by atomic mass is 35.5. The molecule has 0 radical (unpaired) electrons. The van der Waals surface area contributed by atoms with E-state index < -0.39 is 17.6 Å². The third kappa shape index (κ3) is 6.76. The van der Waals surface area contributed by atoms with E-state index in [0.717, 1.165) is 19.2 Å². The standard InChI is InChI=1S/C32H30ClF3N8O2/c1-42-11-13-44(14-12-42)17-20-5-8-22(15-25(20)32(34,35)36)39-30(45)24-16-23(9-10-26(24)33)46-31-27-29(43(2)18-38-27)40-28(41-31)19-3-6-21(37)7-4-19/h3-10,15-16,18H,11-14,17,37H2,1-2H3,(H,39,45). The van der Waals surface area contributed by atoms with Crippen LogP contribution in [0.3, 0.4) is 0 Å². The summed E-state index contributed by atoms with van der Waals surface area (Å²) >= 11 is 6.37. The first-order valence-corrected chi connectivity index (χ1v) is 14.8. The van der Waals surface area contributed by atoms with Gasteiger partial charge in [-0.25, -0.2) is 9.97 Å². The van der Waals surface area contributed by atoms with Crippen molar-refractivity contribution >= 4 is 40.0 Å². The summed E-state index contributed by atoms with van der Waals surface area (Å²) in [5, 5.41) is 2.64. The number of carbonyl (C=O) groups excluding carboxylic acids is 1. The molecule has 1 fully saturated rings. The molecule has 5 aromatic rings. The number of aryl methyl sites for hydroxylation is 1. The van der Waals surface area contributed by atoms with Crippen molar-refractivity contribution in [3.05, 3.63) is 88.7 Å². The molecule has 10 nitrogen and oxygen atoms in total. The summed E-state index contributed by atoms with van der Waals surface area (Å²) in [7, 11) is 3.77. The smallest absolute Gasteiger partial charge is 0.416 e. The lowest BCUT2D eigenvalue weighted by atomic mass is 10.0. The Morgan fingerprint density at radius 1 is 1.00 bits per heavy atom. The summed E-state index contributed by atoms with van der Waals surface area (Å²) in [5.74, 6) is 0.0111. The zero-order valence-corrected chi connectivity index (χ0v) is 25.7. The van der Waals surface area contributed by atoms with Gasteiger partial charge in [-0.2, -0.15) is 18.2 Å². The van der Waals surface area contributed by atoms with Crippen molar-refractivity contribution in [2.75, 3.05) is 44.3 Å². The van der Waals surface area contributed by atoms with Gasteiger partial charge in [0.05, 0.1) is 22.5 Å². The molecular weight excluding hydrogens is 621 g/mol. The number of fused-ring (bicyclic) bond motifs is 1. The Labute approximate surface area is 267 Å². The van der Waals surface area contributed by atoms with E-state index in [-0.39, 0.29) is 40.0 Å². The predicted octanol–water partition coefficient (Wildman–Crippen LogP) is 6.08. The fraction of sp³-hybridized carbons (Fsp3) is 0.250. The number of halogens is 4. The van der Waals surface area contributed by atoms with Crippen LogP contribution in [0, 0.1) is 0 Å². The first kappa shape index (κ1) is 31.3. The lowest BCUT2D eigenvalue weighted by Crippen LogP contribution is -2.44. The van der Waals surface area contributed by atoms with E-state index in [1.807, 2.05) is 11.9 Å². The maximum Gasteiger partial charge on any atom is 0.416 e. The second-order valence-corrected chi connectivity index (χ2v) is 11.6. The Morgan fingerprint density at radius 3 is 2.46 bits per heavy atom. The number of nitrogens with one attached hydrogen (secondary N) is 1. The Bertz CT molecular complexity index is 1900. The average Bonchev–Trinajstić information content (AvgIpc) is 3.40. The fourth-order valence-corrected chi connectivity index (χ4v) is 5.37. The number of imidazole rings is 1. The number of ether oxygens (including phenoxy) is 1. The maximum absolute atomic E-state index is 14.1. The highest BCUT2D eigenvalue weighted by Crippen LogP contribution is 2.36. The summed E-state index contributed by atoms with van der Waals surface area (Å²) in [5.41, 5.74) is 7.35. The van der Waals surface area contributed by atoms with E-state index in [4.69, 9.17) is 22.1 Å². The number of nitrogens with zero attached hydrogens (tertiary/aromatic N) is 6. The summed E-state index contributed by atoms with van der Waals surface area (Å²) in [6.45, 7) is 3.08. The molecule has 1 amide bonds. The van der Waals surface area contributed by atoms with Crippen LogP contribution >= 0.6 is 11.6 Å². The van der Waals surface area contributed by atoms with Gasteiger partial charge < -0.3 is 25.3 Å². The normalized spacial score (nSPS) is 14.5. The molecule has 1 aliphatic heterocycles. The van der Waals surface area contributed by atoms with Crippen LogP contribution in [0.2, 0.25) is 5.02 Å². The van der Waals surface area contributed by atoms with Crippen molar-refractivity contribution in [1.82, 2.24) is 29.3 Å². The van der Waals surface area contributed by atoms with Gasteiger partial charge in [-0.3, -0.25) is 9.69 Å². The molecule has 0 aliphatic carbocycles. The number of amides is 1. The fourth-order valence-electron chi connectivity index (χ4n) is 5.17. The van der Waals surface area contributed by atoms with Crippen LogP contribution in [0.15, 0.2) is 67.0 Å². The number of piperazine rings is 1. The van der Waals surface area contributed by atoms with Crippen molar-refractivity contribution in [1.29, 1.82) is 0 Å². The second kappa shape index (κ2) is 12.6. The lowest BCUT2D eigenvalue weighted by Gasteiger charge is -2.33. The summed E-state index contributed by atoms with van der Waals surface area (Å²) in [4.78, 5) is 31.0. The molecule has 3 aromatic carbocycles. The molecule has 2 aromatic heterocycles. The van der Waals surface area contributed by atoms with Gasteiger partial charge in [0.25, 0.3) is 11.8 Å². The minimum Gasteiger partial charge on any atom is -0.437 e. The largest absolute Gasteiger partial charge is 0.437 e. The van der Waals surface area contributed by atoms with Gasteiger partial charge in [0.1, 0.15) is 5.75 Å². The number of benzene rings is 3. The first-order valence-electron chi connectivity index (χ1n) is 14.4. The van der Waals surface area contributed by atoms with Gasteiger partial charge in [-0.1, -0.05) is 17.7 Å². The number of aromatic nitrogens is 4. The van der Waals surface area contributed by atoms with Crippen molar-refractivity contribution in [3.63, 3.8) is 0 Å². The van der Waals surface area contributed by atoms with Gasteiger partial charge in [-0.05, 0) is 67.2 Å². The molecule has 6 rings (SSSR count). The Balaban J connectivity index is 1.25. The molecule has 0 spiro atoms. The highest BCUT2D eigenvalue weighted by Gasteiger charge is 2.34. The molecule has 3 N–H and O–H groups in total. The summed E-state index contributed by atoms with van der Waals surface area (Å²) < 4.78 is 50.1. The quantitative estimate of drug-likeness (QED) is 0.204. The van der Waals surface area contributed by atoms with Crippen molar-refractivity contribution in [2.45, 2.75) is 12.7 Å². The van der Waals surface area contributed by atoms with E-state index in [2.05, 4.69) is 25.2 Å². The van der Waals surface area contributed by atoms with Crippen LogP contribution in [-0.4, -0.2) is 68.5 Å². The third-order valence-electron chi connectivity index (χ3n) is 7.76. The minimum absolute atomic E-state index is 0.000632. The molecule has 0 saturated carbocycles. The van der Waals surface area contributed by atoms with Crippen molar-refractivity contribution in [3.8, 4) is 23.0 Å². The SMILES string of the molecule is CN1CCN(Cc2ccc(NC(=O)c3cc(Oc4nc(-c5ccc(N)cc5)nc5c4ncn5C)ccc3Cl)cc2C(F)(F)F)CC1. The zero-order chi connectivity index (χ0) is 32.6. The van der Waals surface area contributed by atoms with Gasteiger partial charge in [0, 0.05) is 56.7 Å². The molecule has 0 unspecified atom stereocenters. The van der Waals surface area contributed by atoms with Crippen LogP contribution < -0.4 is 15.8 Å². The maximum atomic E-state index is 14.1. The lowest BCUT2D eigenvalue weighted by molar-refractivity contribution is -0.138. The van der Waals surface area contributed by atoms with Crippen LogP contribution in [0.4, 0.5) is 24.5 Å². The van der Waals surface area contributed by atoms with E-state index in [9.17, 15) is 18.0 Å². The Morgan fingerprint density at radius 2 is 1.74 bits per heavy atom. The average molecular weight is 651 g/mol. The van der Waals surface area contributed by atoms with Crippen LogP contribution in [-0.2, 0) is 19.8 Å². The molecule has 1 aliphatic rings. The molecule has 238 valence electrons. The number of hydrogen-bond acceptors (Lipinski definition) is 8. The van der Waals surface area contributed by atoms with Crippen LogP contribution in [0.1, 0.15) is 21.5 Å². The van der Waals surface area contributed by atoms with Gasteiger partial charge in [-0.15, -0.1) is 0 Å². The number of carbonyl (C=O) groups is 1. The summed E-state index contributed by atoms with van der Waals surface area (Å²) in [6.07, 6.45) is -3.03. The van der Waals surface area contributed by atoms with Gasteiger partial charge in [0.2, 0.25) is 0 Å². The van der Waals surface area contributed by atoms with E-state index in [1.165, 1.54) is 24.3 Å². The molecule has 46 heavy (non-hydrogen) atoms. The number of nitrogens with two attached hydrogens (primary N) is 1. The predicted molar refractivity (Wildman–Crippen MR) is 170 cm³/mol. The molecule has 14 heteroatoms. The number of hydrogen-bond donors (Lipinski definition) is 2. The number of anilines is 2. The minimum atomic E-state index is -4.60. The van der Waals surface area contributed by atoms with Gasteiger partial charge >= 0.3 is 6.18 Å². The molecule has 1 saturated heterocycles. The van der Waals surface area contributed by atoms with E-state index in [0.29, 0.717) is 41.3 Å². The monoisotopic (exact) mass is 650 g/mol. The second-order valence-electron chi connectivity index (χ2n) is 11.1. The van der Waals surface area contributed by atoms with E-state index >= 15 is 0 Å². The number of likely N-dealkylation sites (N-methyl/N-ethyl adjacent to an activating group) is 1. The van der Waals surface area contributed by atoms with Crippen LogP contribution in [0.5, 0.6) is 11.6 Å². The number of alkyl halides is 3. The highest BCUT2D eigenvalue weighted by molar-refractivity contribution is 6.34. The molecule has 3 heterocycles. The van der Waals surface area contributed by atoms with Crippen molar-refractivity contribution < 1.29 is 22.7 Å². The third-order valence-corrected chi connectivity index (χ3v) is 8.09. The van der Waals surface area contributed by atoms with E-state index in [1.54, 1.807) is 48.3 Å². The van der Waals surface area contributed by atoms with Crippen LogP contribution in [0.25, 0.3) is 22.6 Å². The van der Waals surface area contributed by atoms with Gasteiger partial charge in [0.15, 0.2) is 17.0 Å². The zero-order valence-electron chi connectivity index (χ0n) is 25.0. The topological polar surface area (TPSA) is 114 Å². The Hall–Kier alpha value is -4.72.